The summed E-state index contributed by atoms with van der Waals surface area (Å²) in [6.07, 6.45) is 1.000. The summed E-state index contributed by atoms with van der Waals surface area (Å²) in [6.45, 7) is 5.07. The van der Waals surface area contributed by atoms with Crippen LogP contribution >= 0.6 is 11.3 Å². The molecule has 0 spiro atoms. The predicted octanol–water partition coefficient (Wildman–Crippen LogP) is 3.45. The summed E-state index contributed by atoms with van der Waals surface area (Å²) in [7, 11) is 0. The average Bonchev–Trinajstić information content (AvgIpc) is 2.73. The lowest BCUT2D eigenvalue weighted by atomic mass is 10.1. The molecule has 0 aliphatic rings. The molecule has 0 bridgehead atoms. The molecule has 0 aliphatic carbocycles. The molecule has 0 saturated carbocycles. The highest BCUT2D eigenvalue weighted by molar-refractivity contribution is 7.17. The fourth-order valence-electron chi connectivity index (χ4n) is 1.78. The number of carbonyl (C=O) groups is 1. The van der Waals surface area contributed by atoms with Crippen LogP contribution < -0.4 is 0 Å². The van der Waals surface area contributed by atoms with Crippen molar-refractivity contribution >= 4 is 27.5 Å². The minimum Gasteiger partial charge on any atom is -0.477 e. The molecule has 0 aliphatic heterocycles. The minimum absolute atomic E-state index is 0.405. The molecule has 3 nitrogen and oxygen atoms in total. The van der Waals surface area contributed by atoms with Gasteiger partial charge >= 0.3 is 5.97 Å². The number of carboxylic acid groups (broad SMARTS) is 1. The predicted molar refractivity (Wildman–Crippen MR) is 66.2 cm³/mol. The van der Waals surface area contributed by atoms with Gasteiger partial charge in [0.25, 0.3) is 0 Å². The van der Waals surface area contributed by atoms with Gasteiger partial charge in [0.15, 0.2) is 0 Å². The van der Waals surface area contributed by atoms with Gasteiger partial charge in [-0.3, -0.25) is 0 Å². The second-order valence-electron chi connectivity index (χ2n) is 4.34. The molecule has 2 aromatic heterocycles. The van der Waals surface area contributed by atoms with Gasteiger partial charge in [-0.2, -0.15) is 0 Å². The fraction of sp³-hybridized carbons (Fsp3) is 0.417. The fourth-order valence-corrected chi connectivity index (χ4v) is 2.60. The molecule has 4 heteroatoms. The van der Waals surface area contributed by atoms with Crippen molar-refractivity contribution in [2.24, 2.45) is 5.92 Å². The Hall–Kier alpha value is -1.29. The third kappa shape index (κ3) is 1.97. The van der Waals surface area contributed by atoms with Crippen LogP contribution in [0.2, 0.25) is 0 Å². The van der Waals surface area contributed by atoms with Gasteiger partial charge in [-0.05, 0) is 29.9 Å². The molecule has 0 saturated heterocycles. The van der Waals surface area contributed by atoms with Crippen LogP contribution in [-0.2, 0) is 6.54 Å². The third-order valence-electron chi connectivity index (χ3n) is 2.67. The van der Waals surface area contributed by atoms with Crippen LogP contribution in [0.3, 0.4) is 0 Å². The topological polar surface area (TPSA) is 42.2 Å². The van der Waals surface area contributed by atoms with E-state index in [9.17, 15) is 4.79 Å². The number of rotatable bonds is 4. The van der Waals surface area contributed by atoms with Gasteiger partial charge in [0.1, 0.15) is 5.69 Å². The Morgan fingerprint density at radius 3 is 2.94 bits per heavy atom. The minimum atomic E-state index is -0.841. The first-order valence-electron chi connectivity index (χ1n) is 5.39. The highest BCUT2D eigenvalue weighted by Gasteiger charge is 2.15. The number of nitrogens with zero attached hydrogens (tertiary/aromatic N) is 1. The van der Waals surface area contributed by atoms with Crippen molar-refractivity contribution < 1.29 is 9.90 Å². The van der Waals surface area contributed by atoms with Crippen molar-refractivity contribution in [3.63, 3.8) is 0 Å². The zero-order valence-electron chi connectivity index (χ0n) is 9.43. The Morgan fingerprint density at radius 1 is 1.56 bits per heavy atom. The summed E-state index contributed by atoms with van der Waals surface area (Å²) >= 11 is 1.59. The van der Waals surface area contributed by atoms with Crippen molar-refractivity contribution in [1.82, 2.24) is 4.57 Å². The summed E-state index contributed by atoms with van der Waals surface area (Å²) < 4.78 is 2.97. The van der Waals surface area contributed by atoms with Gasteiger partial charge in [-0.1, -0.05) is 13.8 Å². The van der Waals surface area contributed by atoms with Crippen LogP contribution in [0.15, 0.2) is 17.5 Å². The lowest BCUT2D eigenvalue weighted by Crippen LogP contribution is -2.09. The molecule has 1 N–H and O–H groups in total. The van der Waals surface area contributed by atoms with E-state index in [0.29, 0.717) is 11.6 Å². The van der Waals surface area contributed by atoms with Crippen molar-refractivity contribution in [3.05, 3.63) is 23.2 Å². The molecule has 2 heterocycles. The van der Waals surface area contributed by atoms with E-state index in [4.69, 9.17) is 5.11 Å². The zero-order chi connectivity index (χ0) is 11.7. The van der Waals surface area contributed by atoms with Gasteiger partial charge in [-0.15, -0.1) is 11.3 Å². The molecule has 2 rings (SSSR count). The molecule has 2 aromatic rings. The lowest BCUT2D eigenvalue weighted by Gasteiger charge is -2.09. The van der Waals surface area contributed by atoms with Gasteiger partial charge < -0.3 is 9.67 Å². The van der Waals surface area contributed by atoms with E-state index in [2.05, 4.69) is 13.8 Å². The first kappa shape index (κ1) is 11.2. The summed E-state index contributed by atoms with van der Waals surface area (Å²) in [5.74, 6) is -0.259. The van der Waals surface area contributed by atoms with Crippen molar-refractivity contribution in [3.8, 4) is 0 Å². The first-order valence-corrected chi connectivity index (χ1v) is 6.27. The Kier molecular flexibility index (Phi) is 3.01. The molecule has 0 aromatic carbocycles. The molecule has 0 atom stereocenters. The van der Waals surface area contributed by atoms with Gasteiger partial charge in [0, 0.05) is 6.54 Å². The van der Waals surface area contributed by atoms with Crippen LogP contribution in [0.25, 0.3) is 10.2 Å². The Labute approximate surface area is 98.3 Å². The molecule has 0 unspecified atom stereocenters. The lowest BCUT2D eigenvalue weighted by molar-refractivity contribution is 0.0685. The quantitative estimate of drug-likeness (QED) is 0.885. The normalized spacial score (nSPS) is 11.4. The van der Waals surface area contributed by atoms with E-state index in [-0.39, 0.29) is 0 Å². The second kappa shape index (κ2) is 4.29. The van der Waals surface area contributed by atoms with Crippen LogP contribution in [0.5, 0.6) is 0 Å². The smallest absolute Gasteiger partial charge is 0.352 e. The standard InChI is InChI=1S/C12H15NO2S/c1-8(2)3-5-13-9-4-6-16-11(9)7-10(13)12(14)15/h4,6-8H,3,5H2,1-2H3,(H,14,15). The zero-order valence-corrected chi connectivity index (χ0v) is 10.3. The number of carboxylic acids is 1. The highest BCUT2D eigenvalue weighted by atomic mass is 32.1. The van der Waals surface area contributed by atoms with Gasteiger partial charge in [0.05, 0.1) is 10.2 Å². The van der Waals surface area contributed by atoms with Crippen molar-refractivity contribution in [1.29, 1.82) is 0 Å². The van der Waals surface area contributed by atoms with E-state index < -0.39 is 5.97 Å². The van der Waals surface area contributed by atoms with Gasteiger partial charge in [0.2, 0.25) is 0 Å². The van der Waals surface area contributed by atoms with Crippen LogP contribution in [-0.4, -0.2) is 15.6 Å². The summed E-state index contributed by atoms with van der Waals surface area (Å²) in [6, 6.07) is 3.76. The molecule has 16 heavy (non-hydrogen) atoms. The first-order chi connectivity index (χ1) is 7.59. The van der Waals surface area contributed by atoms with E-state index >= 15 is 0 Å². The van der Waals surface area contributed by atoms with Gasteiger partial charge in [-0.25, -0.2) is 4.79 Å². The Morgan fingerprint density at radius 2 is 2.31 bits per heavy atom. The second-order valence-corrected chi connectivity index (χ2v) is 5.29. The van der Waals surface area contributed by atoms with Crippen LogP contribution in [0.1, 0.15) is 30.8 Å². The average molecular weight is 237 g/mol. The summed E-state index contributed by atoms with van der Waals surface area (Å²) in [5, 5.41) is 11.1. The van der Waals surface area contributed by atoms with E-state index in [1.54, 1.807) is 17.4 Å². The largest absolute Gasteiger partial charge is 0.477 e. The molecule has 86 valence electrons. The number of fused-ring (bicyclic) bond motifs is 1. The monoisotopic (exact) mass is 237 g/mol. The number of hydrogen-bond acceptors (Lipinski definition) is 2. The molecular weight excluding hydrogens is 222 g/mol. The highest BCUT2D eigenvalue weighted by Crippen LogP contribution is 2.26. The number of aryl methyl sites for hydroxylation is 1. The summed E-state index contributed by atoms with van der Waals surface area (Å²) in [5.41, 5.74) is 1.45. The van der Waals surface area contributed by atoms with E-state index in [0.717, 1.165) is 23.2 Å². The maximum atomic E-state index is 11.1. The Bertz CT molecular complexity index is 510. The SMILES string of the molecule is CC(C)CCn1c(C(=O)O)cc2sccc21. The molecule has 0 fully saturated rings. The number of hydrogen-bond donors (Lipinski definition) is 1. The molecular formula is C12H15NO2S. The molecule has 0 radical (unpaired) electrons. The number of thiophene rings is 1. The van der Waals surface area contributed by atoms with E-state index in [1.165, 1.54) is 0 Å². The van der Waals surface area contributed by atoms with Crippen LogP contribution in [0.4, 0.5) is 0 Å². The van der Waals surface area contributed by atoms with Crippen molar-refractivity contribution in [2.75, 3.05) is 0 Å². The Balaban J connectivity index is 2.41. The maximum Gasteiger partial charge on any atom is 0.352 e. The van der Waals surface area contributed by atoms with E-state index in [1.807, 2.05) is 16.0 Å². The third-order valence-corrected chi connectivity index (χ3v) is 3.53. The van der Waals surface area contributed by atoms with Crippen molar-refractivity contribution in [2.45, 2.75) is 26.8 Å². The maximum absolute atomic E-state index is 11.1. The number of aromatic nitrogens is 1. The summed E-state index contributed by atoms with van der Waals surface area (Å²) in [4.78, 5) is 11.1. The molecule has 0 amide bonds. The number of aromatic carboxylic acids is 1. The van der Waals surface area contributed by atoms with Crippen LogP contribution in [0, 0.1) is 5.92 Å².